The number of nitrogens with one attached hydrogen (secondary N) is 1. The lowest BCUT2D eigenvalue weighted by Gasteiger charge is -2.01. The summed E-state index contributed by atoms with van der Waals surface area (Å²) in [6.45, 7) is 0. The first kappa shape index (κ1) is 11.6. The van der Waals surface area contributed by atoms with E-state index < -0.39 is 11.6 Å². The van der Waals surface area contributed by atoms with Crippen LogP contribution in [0.3, 0.4) is 0 Å². The fourth-order valence-corrected chi connectivity index (χ4v) is 2.00. The molecule has 19 heavy (non-hydrogen) atoms. The highest BCUT2D eigenvalue weighted by Crippen LogP contribution is 2.20. The van der Waals surface area contributed by atoms with Gasteiger partial charge in [-0.2, -0.15) is 0 Å². The van der Waals surface area contributed by atoms with Crippen molar-refractivity contribution >= 4 is 11.0 Å². The summed E-state index contributed by atoms with van der Waals surface area (Å²) in [5.41, 5.74) is 1.25. The van der Waals surface area contributed by atoms with Crippen LogP contribution < -0.4 is 0 Å². The van der Waals surface area contributed by atoms with Crippen molar-refractivity contribution in [2.24, 2.45) is 0 Å². The number of H-pyrrole nitrogens is 1. The summed E-state index contributed by atoms with van der Waals surface area (Å²) in [5, 5.41) is 9.35. The second-order valence-electron chi connectivity index (χ2n) is 4.26. The van der Waals surface area contributed by atoms with Gasteiger partial charge in [0.25, 0.3) is 0 Å². The van der Waals surface area contributed by atoms with Gasteiger partial charge in [0.1, 0.15) is 23.2 Å². The zero-order valence-electron chi connectivity index (χ0n) is 9.82. The predicted molar refractivity (Wildman–Crippen MR) is 66.9 cm³/mol. The SMILES string of the molecule is Oc1ccc2nc(Cc3c(F)cccc3F)[nH]c2c1. The number of hydrogen-bond acceptors (Lipinski definition) is 2. The Bertz CT molecular complexity index is 732. The third kappa shape index (κ3) is 2.14. The average molecular weight is 260 g/mol. The fraction of sp³-hybridized carbons (Fsp3) is 0.0714. The van der Waals surface area contributed by atoms with Crippen LogP contribution in [0.25, 0.3) is 11.0 Å². The molecule has 2 aromatic carbocycles. The van der Waals surface area contributed by atoms with Crippen molar-refractivity contribution < 1.29 is 13.9 Å². The van der Waals surface area contributed by atoms with E-state index in [-0.39, 0.29) is 17.7 Å². The molecule has 0 spiro atoms. The Labute approximate surface area is 107 Å². The molecule has 3 rings (SSSR count). The number of hydrogen-bond donors (Lipinski definition) is 2. The lowest BCUT2D eigenvalue weighted by molar-refractivity contribution is 0.476. The van der Waals surface area contributed by atoms with Gasteiger partial charge in [0, 0.05) is 18.1 Å². The minimum atomic E-state index is -0.594. The Hall–Kier alpha value is -2.43. The Balaban J connectivity index is 2.01. The van der Waals surface area contributed by atoms with Crippen molar-refractivity contribution in [1.82, 2.24) is 9.97 Å². The third-order valence-electron chi connectivity index (χ3n) is 2.92. The summed E-state index contributed by atoms with van der Waals surface area (Å²) >= 11 is 0. The molecule has 96 valence electrons. The number of fused-ring (bicyclic) bond motifs is 1. The zero-order valence-corrected chi connectivity index (χ0v) is 9.82. The monoisotopic (exact) mass is 260 g/mol. The number of phenols is 1. The van der Waals surface area contributed by atoms with Crippen LogP contribution in [0.1, 0.15) is 11.4 Å². The maximum Gasteiger partial charge on any atom is 0.129 e. The Morgan fingerprint density at radius 1 is 1.11 bits per heavy atom. The van der Waals surface area contributed by atoms with Crippen LogP contribution in [0, 0.1) is 11.6 Å². The Morgan fingerprint density at radius 2 is 1.84 bits per heavy atom. The van der Waals surface area contributed by atoms with Crippen molar-refractivity contribution in [3.63, 3.8) is 0 Å². The fourth-order valence-electron chi connectivity index (χ4n) is 2.00. The molecular formula is C14H10F2N2O. The van der Waals surface area contributed by atoms with E-state index in [1.165, 1.54) is 30.3 Å². The van der Waals surface area contributed by atoms with E-state index in [1.807, 2.05) is 0 Å². The number of nitrogens with zero attached hydrogens (tertiary/aromatic N) is 1. The molecular weight excluding hydrogens is 250 g/mol. The number of aromatic amines is 1. The molecule has 0 saturated carbocycles. The molecule has 0 unspecified atom stereocenters. The molecule has 0 aliphatic carbocycles. The minimum absolute atomic E-state index is 0.0224. The van der Waals surface area contributed by atoms with Crippen molar-refractivity contribution in [1.29, 1.82) is 0 Å². The van der Waals surface area contributed by atoms with E-state index in [2.05, 4.69) is 9.97 Å². The van der Waals surface area contributed by atoms with E-state index in [1.54, 1.807) is 6.07 Å². The van der Waals surface area contributed by atoms with Gasteiger partial charge in [0.15, 0.2) is 0 Å². The number of rotatable bonds is 2. The van der Waals surface area contributed by atoms with E-state index in [0.29, 0.717) is 16.9 Å². The maximum absolute atomic E-state index is 13.5. The molecule has 0 atom stereocenters. The van der Waals surface area contributed by atoms with Gasteiger partial charge in [-0.1, -0.05) is 6.07 Å². The standard InChI is InChI=1S/C14H10F2N2O/c15-10-2-1-3-11(16)9(10)7-14-17-12-5-4-8(19)6-13(12)18-14/h1-6,19H,7H2,(H,17,18). The van der Waals surface area contributed by atoms with Crippen LogP contribution in [0.4, 0.5) is 8.78 Å². The van der Waals surface area contributed by atoms with Crippen molar-refractivity contribution in [2.45, 2.75) is 6.42 Å². The molecule has 0 bridgehead atoms. The first-order valence-corrected chi connectivity index (χ1v) is 5.74. The summed E-state index contributed by atoms with van der Waals surface area (Å²) < 4.78 is 27.1. The lowest BCUT2D eigenvalue weighted by Crippen LogP contribution is -1.98. The molecule has 0 aliphatic heterocycles. The van der Waals surface area contributed by atoms with Crippen LogP contribution >= 0.6 is 0 Å². The summed E-state index contributed by atoms with van der Waals surface area (Å²) in [7, 11) is 0. The maximum atomic E-state index is 13.5. The quantitative estimate of drug-likeness (QED) is 0.743. The van der Waals surface area contributed by atoms with E-state index >= 15 is 0 Å². The number of halogens is 2. The normalized spacial score (nSPS) is 11.1. The molecule has 5 heteroatoms. The first-order valence-electron chi connectivity index (χ1n) is 5.74. The number of imidazole rings is 1. The van der Waals surface area contributed by atoms with Crippen molar-refractivity contribution in [3.05, 3.63) is 59.4 Å². The second-order valence-corrected chi connectivity index (χ2v) is 4.26. The number of aromatic hydroxyl groups is 1. The number of phenolic OH excluding ortho intramolecular Hbond substituents is 1. The van der Waals surface area contributed by atoms with Crippen LogP contribution in [-0.4, -0.2) is 15.1 Å². The Morgan fingerprint density at radius 3 is 2.58 bits per heavy atom. The second kappa shape index (κ2) is 4.35. The largest absolute Gasteiger partial charge is 0.508 e. The molecule has 1 aromatic heterocycles. The zero-order chi connectivity index (χ0) is 13.4. The molecule has 0 saturated heterocycles. The molecule has 2 N–H and O–H groups in total. The van der Waals surface area contributed by atoms with Gasteiger partial charge in [-0.3, -0.25) is 0 Å². The predicted octanol–water partition coefficient (Wildman–Crippen LogP) is 3.14. The van der Waals surface area contributed by atoms with Gasteiger partial charge in [-0.05, 0) is 24.3 Å². The van der Waals surface area contributed by atoms with Crippen molar-refractivity contribution in [3.8, 4) is 5.75 Å². The number of benzene rings is 2. The molecule has 0 radical (unpaired) electrons. The van der Waals surface area contributed by atoms with Crippen LogP contribution in [0.5, 0.6) is 5.75 Å². The summed E-state index contributed by atoms with van der Waals surface area (Å²) in [6, 6.07) is 8.42. The number of aromatic nitrogens is 2. The topological polar surface area (TPSA) is 48.9 Å². The van der Waals surface area contributed by atoms with E-state index in [0.717, 1.165) is 0 Å². The smallest absolute Gasteiger partial charge is 0.129 e. The molecule has 0 amide bonds. The van der Waals surface area contributed by atoms with Gasteiger partial charge in [-0.15, -0.1) is 0 Å². The first-order chi connectivity index (χ1) is 9.13. The third-order valence-corrected chi connectivity index (χ3v) is 2.92. The van der Waals surface area contributed by atoms with Crippen molar-refractivity contribution in [2.75, 3.05) is 0 Å². The highest BCUT2D eigenvalue weighted by Gasteiger charge is 2.12. The van der Waals surface area contributed by atoms with E-state index in [9.17, 15) is 13.9 Å². The molecule has 1 heterocycles. The lowest BCUT2D eigenvalue weighted by atomic mass is 10.1. The Kier molecular flexibility index (Phi) is 2.67. The summed E-state index contributed by atoms with van der Waals surface area (Å²) in [4.78, 5) is 7.17. The highest BCUT2D eigenvalue weighted by atomic mass is 19.1. The summed E-state index contributed by atoms with van der Waals surface area (Å²) in [5.74, 6) is -0.629. The van der Waals surface area contributed by atoms with E-state index in [4.69, 9.17) is 0 Å². The van der Waals surface area contributed by atoms with Gasteiger partial charge < -0.3 is 10.1 Å². The van der Waals surface area contributed by atoms with Crippen LogP contribution in [-0.2, 0) is 6.42 Å². The minimum Gasteiger partial charge on any atom is -0.508 e. The molecule has 3 nitrogen and oxygen atoms in total. The molecule has 3 aromatic rings. The van der Waals surface area contributed by atoms with Gasteiger partial charge in [0.05, 0.1) is 11.0 Å². The van der Waals surface area contributed by atoms with Gasteiger partial charge >= 0.3 is 0 Å². The average Bonchev–Trinajstić information content (AvgIpc) is 2.75. The van der Waals surface area contributed by atoms with Crippen LogP contribution in [0.15, 0.2) is 36.4 Å². The highest BCUT2D eigenvalue weighted by molar-refractivity contribution is 5.76. The van der Waals surface area contributed by atoms with Gasteiger partial charge in [0.2, 0.25) is 0 Å². The summed E-state index contributed by atoms with van der Waals surface area (Å²) in [6.07, 6.45) is 0.0357. The molecule has 0 aliphatic rings. The van der Waals surface area contributed by atoms with Gasteiger partial charge in [-0.25, -0.2) is 13.8 Å². The molecule has 0 fully saturated rings. The van der Waals surface area contributed by atoms with Crippen LogP contribution in [0.2, 0.25) is 0 Å².